The molecule has 3 N–H and O–H groups in total. The monoisotopic (exact) mass is 279 g/mol. The molecule has 0 radical (unpaired) electrons. The standard InChI is InChI=1S/C14H21N3OS/c1-9-7-10(2)16-14(12(9)13(15)19)17-6-4-3-5-11(17)8-18/h7,11,18H,3-6,8H2,1-2H3,(H2,15,19). The number of aliphatic hydroxyl groups excluding tert-OH is 1. The predicted molar refractivity (Wildman–Crippen MR) is 81.7 cm³/mol. The van der Waals surface area contributed by atoms with E-state index in [0.29, 0.717) is 4.99 Å². The summed E-state index contributed by atoms with van der Waals surface area (Å²) in [6.45, 7) is 5.02. The maximum absolute atomic E-state index is 9.56. The zero-order chi connectivity index (χ0) is 14.0. The third kappa shape index (κ3) is 2.87. The summed E-state index contributed by atoms with van der Waals surface area (Å²) in [6.07, 6.45) is 3.25. The van der Waals surface area contributed by atoms with Crippen LogP contribution in [0, 0.1) is 13.8 Å². The lowest BCUT2D eigenvalue weighted by Gasteiger charge is -2.37. The molecule has 1 aromatic heterocycles. The van der Waals surface area contributed by atoms with Crippen molar-refractivity contribution in [3.05, 3.63) is 22.9 Å². The first-order valence-corrected chi connectivity index (χ1v) is 7.11. The van der Waals surface area contributed by atoms with E-state index in [-0.39, 0.29) is 12.6 Å². The Kier molecular flexibility index (Phi) is 4.37. The highest BCUT2D eigenvalue weighted by atomic mass is 32.1. The van der Waals surface area contributed by atoms with E-state index in [4.69, 9.17) is 18.0 Å². The third-order valence-electron chi connectivity index (χ3n) is 3.68. The van der Waals surface area contributed by atoms with Crippen molar-refractivity contribution in [1.29, 1.82) is 0 Å². The van der Waals surface area contributed by atoms with Crippen LogP contribution in [0.3, 0.4) is 0 Å². The number of thiocarbonyl (C=S) groups is 1. The van der Waals surface area contributed by atoms with Gasteiger partial charge in [-0.25, -0.2) is 4.98 Å². The quantitative estimate of drug-likeness (QED) is 0.824. The Hall–Kier alpha value is -1.20. The first kappa shape index (κ1) is 14.2. The zero-order valence-electron chi connectivity index (χ0n) is 11.5. The van der Waals surface area contributed by atoms with Crippen molar-refractivity contribution in [1.82, 2.24) is 4.98 Å². The highest BCUT2D eigenvalue weighted by molar-refractivity contribution is 7.80. The van der Waals surface area contributed by atoms with Crippen LogP contribution in [0.1, 0.15) is 36.1 Å². The molecule has 1 fully saturated rings. The fourth-order valence-corrected chi connectivity index (χ4v) is 3.05. The van der Waals surface area contributed by atoms with E-state index in [1.54, 1.807) is 0 Å². The van der Waals surface area contributed by atoms with Gasteiger partial charge in [0.1, 0.15) is 10.8 Å². The minimum Gasteiger partial charge on any atom is -0.394 e. The van der Waals surface area contributed by atoms with Gasteiger partial charge < -0.3 is 15.7 Å². The Morgan fingerprint density at radius 3 is 2.89 bits per heavy atom. The number of nitrogens with zero attached hydrogens (tertiary/aromatic N) is 2. The molecule has 1 aromatic rings. The summed E-state index contributed by atoms with van der Waals surface area (Å²) < 4.78 is 0. The highest BCUT2D eigenvalue weighted by Gasteiger charge is 2.26. The van der Waals surface area contributed by atoms with E-state index < -0.39 is 0 Å². The topological polar surface area (TPSA) is 62.4 Å². The van der Waals surface area contributed by atoms with Gasteiger partial charge in [-0.3, -0.25) is 0 Å². The lowest BCUT2D eigenvalue weighted by molar-refractivity contribution is 0.239. The molecule has 0 aromatic carbocycles. The number of anilines is 1. The Bertz CT molecular complexity index is 490. The SMILES string of the molecule is Cc1cc(C)c(C(N)=S)c(N2CCCCC2CO)n1. The molecule has 0 saturated carbocycles. The van der Waals surface area contributed by atoms with Gasteiger partial charge in [-0.05, 0) is 44.7 Å². The lowest BCUT2D eigenvalue weighted by Crippen LogP contribution is -2.43. The van der Waals surface area contributed by atoms with Gasteiger partial charge >= 0.3 is 0 Å². The van der Waals surface area contributed by atoms with Gasteiger partial charge in [-0.15, -0.1) is 0 Å². The van der Waals surface area contributed by atoms with Gasteiger partial charge in [0, 0.05) is 12.2 Å². The molecular weight excluding hydrogens is 258 g/mol. The number of pyridine rings is 1. The molecule has 1 saturated heterocycles. The van der Waals surface area contributed by atoms with Crippen LogP contribution in [-0.4, -0.2) is 34.3 Å². The van der Waals surface area contributed by atoms with Crippen LogP contribution in [0.4, 0.5) is 5.82 Å². The number of hydrogen-bond acceptors (Lipinski definition) is 4. The second kappa shape index (κ2) is 5.84. The Balaban J connectivity index is 2.50. The number of aliphatic hydroxyl groups is 1. The second-order valence-corrected chi connectivity index (χ2v) is 5.61. The molecule has 5 heteroatoms. The van der Waals surface area contributed by atoms with Crippen molar-refractivity contribution in [2.24, 2.45) is 5.73 Å². The minimum absolute atomic E-state index is 0.121. The Labute approximate surface area is 119 Å². The number of aromatic nitrogens is 1. The van der Waals surface area contributed by atoms with Crippen molar-refractivity contribution >= 4 is 23.0 Å². The summed E-state index contributed by atoms with van der Waals surface area (Å²) in [5, 5.41) is 9.56. The minimum atomic E-state index is 0.121. The summed E-state index contributed by atoms with van der Waals surface area (Å²) in [5.41, 5.74) is 8.72. The van der Waals surface area contributed by atoms with Crippen LogP contribution < -0.4 is 10.6 Å². The van der Waals surface area contributed by atoms with E-state index in [1.807, 2.05) is 19.9 Å². The Morgan fingerprint density at radius 2 is 2.26 bits per heavy atom. The first-order chi connectivity index (χ1) is 9.04. The summed E-state index contributed by atoms with van der Waals surface area (Å²) >= 11 is 5.17. The molecule has 2 heterocycles. The van der Waals surface area contributed by atoms with E-state index in [9.17, 15) is 5.11 Å². The van der Waals surface area contributed by atoms with Crippen molar-refractivity contribution in [2.75, 3.05) is 18.1 Å². The van der Waals surface area contributed by atoms with Crippen LogP contribution in [0.25, 0.3) is 0 Å². The van der Waals surface area contributed by atoms with Gasteiger partial charge in [0.15, 0.2) is 0 Å². The molecule has 0 amide bonds. The highest BCUT2D eigenvalue weighted by Crippen LogP contribution is 2.28. The van der Waals surface area contributed by atoms with Crippen LogP contribution in [-0.2, 0) is 0 Å². The summed E-state index contributed by atoms with van der Waals surface area (Å²) in [5.74, 6) is 0.837. The lowest BCUT2D eigenvalue weighted by atomic mass is 10.0. The average molecular weight is 279 g/mol. The van der Waals surface area contributed by atoms with E-state index in [2.05, 4.69) is 9.88 Å². The summed E-state index contributed by atoms with van der Waals surface area (Å²) in [4.78, 5) is 7.17. The largest absolute Gasteiger partial charge is 0.394 e. The molecule has 19 heavy (non-hydrogen) atoms. The predicted octanol–water partition coefficient (Wildman–Crippen LogP) is 1.68. The third-order valence-corrected chi connectivity index (χ3v) is 3.89. The van der Waals surface area contributed by atoms with Crippen LogP contribution >= 0.6 is 12.2 Å². The molecule has 0 bridgehead atoms. The fourth-order valence-electron chi connectivity index (χ4n) is 2.80. The van der Waals surface area contributed by atoms with Crippen molar-refractivity contribution < 1.29 is 5.11 Å². The Morgan fingerprint density at radius 1 is 1.53 bits per heavy atom. The molecule has 1 unspecified atom stereocenters. The number of piperidine rings is 1. The van der Waals surface area contributed by atoms with E-state index in [0.717, 1.165) is 48.4 Å². The maximum Gasteiger partial charge on any atom is 0.139 e. The maximum atomic E-state index is 9.56. The average Bonchev–Trinajstić information content (AvgIpc) is 2.37. The molecule has 104 valence electrons. The molecule has 2 rings (SSSR count). The normalized spacial score (nSPS) is 19.5. The van der Waals surface area contributed by atoms with Crippen molar-refractivity contribution in [2.45, 2.75) is 39.2 Å². The van der Waals surface area contributed by atoms with Gasteiger partial charge in [-0.1, -0.05) is 12.2 Å². The molecule has 4 nitrogen and oxygen atoms in total. The molecule has 0 spiro atoms. The van der Waals surface area contributed by atoms with Gasteiger partial charge in [0.05, 0.1) is 18.2 Å². The molecule has 1 aliphatic heterocycles. The van der Waals surface area contributed by atoms with Gasteiger partial charge in [0.2, 0.25) is 0 Å². The molecule has 0 aliphatic carbocycles. The number of rotatable bonds is 3. The molecule has 1 atom stereocenters. The second-order valence-electron chi connectivity index (χ2n) is 5.17. The molecular formula is C14H21N3OS. The fraction of sp³-hybridized carbons (Fsp3) is 0.571. The van der Waals surface area contributed by atoms with Gasteiger partial charge in [-0.2, -0.15) is 0 Å². The first-order valence-electron chi connectivity index (χ1n) is 6.70. The van der Waals surface area contributed by atoms with Crippen LogP contribution in [0.15, 0.2) is 6.07 Å². The zero-order valence-corrected chi connectivity index (χ0v) is 12.3. The van der Waals surface area contributed by atoms with Crippen molar-refractivity contribution in [3.8, 4) is 0 Å². The van der Waals surface area contributed by atoms with E-state index >= 15 is 0 Å². The number of aryl methyl sites for hydroxylation is 2. The smallest absolute Gasteiger partial charge is 0.139 e. The van der Waals surface area contributed by atoms with Crippen LogP contribution in [0.5, 0.6) is 0 Å². The molecule has 1 aliphatic rings. The summed E-state index contributed by atoms with van der Waals surface area (Å²) in [7, 11) is 0. The number of hydrogen-bond donors (Lipinski definition) is 2. The summed E-state index contributed by atoms with van der Waals surface area (Å²) in [6, 6.07) is 2.12. The van der Waals surface area contributed by atoms with Crippen LogP contribution in [0.2, 0.25) is 0 Å². The number of nitrogens with two attached hydrogens (primary N) is 1. The van der Waals surface area contributed by atoms with E-state index in [1.165, 1.54) is 0 Å². The van der Waals surface area contributed by atoms with Crippen molar-refractivity contribution in [3.63, 3.8) is 0 Å². The van der Waals surface area contributed by atoms with Gasteiger partial charge in [0.25, 0.3) is 0 Å².